The average Bonchev–Trinajstić information content (AvgIpc) is 2.54. The molecule has 3 N–H and O–H groups in total. The molecule has 0 heterocycles. The maximum absolute atomic E-state index is 11.5. The van der Waals surface area contributed by atoms with Crippen LogP contribution in [-0.2, 0) is 0 Å². The van der Waals surface area contributed by atoms with E-state index in [1.165, 1.54) is 5.56 Å². The third kappa shape index (κ3) is 2.27. The van der Waals surface area contributed by atoms with Gasteiger partial charge in [0.15, 0.2) is 0 Å². The van der Waals surface area contributed by atoms with E-state index in [9.17, 15) is 4.79 Å². The monoisotopic (exact) mass is 262 g/mol. The van der Waals surface area contributed by atoms with Gasteiger partial charge in [0.1, 0.15) is 0 Å². The summed E-state index contributed by atoms with van der Waals surface area (Å²) < 4.78 is 0. The Balaban J connectivity index is 2.07. The van der Waals surface area contributed by atoms with Crippen LogP contribution in [0.2, 0.25) is 0 Å². The van der Waals surface area contributed by atoms with Gasteiger partial charge in [-0.2, -0.15) is 0 Å². The van der Waals surface area contributed by atoms with Crippen molar-refractivity contribution in [2.75, 3.05) is 0 Å². The second kappa shape index (κ2) is 5.15. The molecule has 3 aromatic rings. The molecule has 0 unspecified atom stereocenters. The van der Waals surface area contributed by atoms with Crippen LogP contribution in [0.25, 0.3) is 21.9 Å². The molecule has 3 heteroatoms. The molecule has 0 aromatic heterocycles. The van der Waals surface area contributed by atoms with E-state index < -0.39 is 0 Å². The van der Waals surface area contributed by atoms with Gasteiger partial charge in [-0.3, -0.25) is 10.2 Å². The molecular weight excluding hydrogens is 248 g/mol. The second-order valence-electron chi connectivity index (χ2n) is 4.62. The topological polar surface area (TPSA) is 55.1 Å². The third-order valence-corrected chi connectivity index (χ3v) is 3.34. The maximum Gasteiger partial charge on any atom is 0.265 e. The van der Waals surface area contributed by atoms with Gasteiger partial charge in [-0.1, -0.05) is 48.5 Å². The summed E-state index contributed by atoms with van der Waals surface area (Å²) in [5, 5.41) is 2.12. The summed E-state index contributed by atoms with van der Waals surface area (Å²) in [4.78, 5) is 11.5. The molecule has 0 aliphatic carbocycles. The number of benzene rings is 3. The number of nitrogens with two attached hydrogens (primary N) is 1. The summed E-state index contributed by atoms with van der Waals surface area (Å²) >= 11 is 0. The van der Waals surface area contributed by atoms with E-state index in [1.54, 1.807) is 6.07 Å². The van der Waals surface area contributed by atoms with Gasteiger partial charge in [-0.05, 0) is 40.1 Å². The Bertz CT molecular complexity index is 766. The first kappa shape index (κ1) is 12.4. The highest BCUT2D eigenvalue weighted by Crippen LogP contribution is 2.25. The fraction of sp³-hybridized carbons (Fsp3) is 0. The number of hydrogen-bond donors (Lipinski definition) is 2. The van der Waals surface area contributed by atoms with Crippen LogP contribution in [-0.4, -0.2) is 5.91 Å². The zero-order valence-corrected chi connectivity index (χ0v) is 10.8. The molecule has 3 aromatic carbocycles. The van der Waals surface area contributed by atoms with Crippen LogP contribution in [0.15, 0.2) is 66.7 Å². The van der Waals surface area contributed by atoms with E-state index in [0.29, 0.717) is 5.56 Å². The predicted octanol–water partition coefficient (Wildman–Crippen LogP) is 3.11. The fourth-order valence-corrected chi connectivity index (χ4v) is 2.28. The molecule has 0 fully saturated rings. The van der Waals surface area contributed by atoms with Crippen LogP contribution >= 0.6 is 0 Å². The maximum atomic E-state index is 11.5. The number of carbonyl (C=O) groups excluding carboxylic acids is 1. The standard InChI is InChI=1S/C17H14N2O/c18-19-17(20)16-9-8-14-10-13(6-7-15(14)11-16)12-4-2-1-3-5-12/h1-11H,18H2,(H,19,20). The van der Waals surface area contributed by atoms with Crippen molar-refractivity contribution >= 4 is 16.7 Å². The lowest BCUT2D eigenvalue weighted by Crippen LogP contribution is -2.29. The lowest BCUT2D eigenvalue weighted by Gasteiger charge is -2.06. The van der Waals surface area contributed by atoms with Crippen LogP contribution in [0.4, 0.5) is 0 Å². The molecule has 0 saturated heterocycles. The first-order valence-electron chi connectivity index (χ1n) is 6.38. The fourth-order valence-electron chi connectivity index (χ4n) is 2.28. The Morgan fingerprint density at radius 3 is 2.25 bits per heavy atom. The molecule has 0 bridgehead atoms. The third-order valence-electron chi connectivity index (χ3n) is 3.34. The Labute approximate surface area is 117 Å². The van der Waals surface area contributed by atoms with Crippen molar-refractivity contribution in [3.05, 3.63) is 72.3 Å². The molecule has 0 atom stereocenters. The highest BCUT2D eigenvalue weighted by Gasteiger charge is 2.05. The highest BCUT2D eigenvalue weighted by atomic mass is 16.2. The van der Waals surface area contributed by atoms with Crippen molar-refractivity contribution in [1.82, 2.24) is 5.43 Å². The summed E-state index contributed by atoms with van der Waals surface area (Å²) in [7, 11) is 0. The first-order valence-corrected chi connectivity index (χ1v) is 6.38. The number of carbonyl (C=O) groups is 1. The highest BCUT2D eigenvalue weighted by molar-refractivity contribution is 5.99. The normalized spacial score (nSPS) is 10.4. The van der Waals surface area contributed by atoms with Gasteiger partial charge in [0, 0.05) is 5.56 Å². The number of hydrazine groups is 1. The van der Waals surface area contributed by atoms with E-state index >= 15 is 0 Å². The molecule has 3 nitrogen and oxygen atoms in total. The van der Waals surface area contributed by atoms with Crippen molar-refractivity contribution in [1.29, 1.82) is 0 Å². The van der Waals surface area contributed by atoms with Crippen LogP contribution in [0.3, 0.4) is 0 Å². The van der Waals surface area contributed by atoms with E-state index in [2.05, 4.69) is 29.7 Å². The van der Waals surface area contributed by atoms with E-state index in [0.717, 1.165) is 16.3 Å². The number of rotatable bonds is 2. The Morgan fingerprint density at radius 2 is 1.50 bits per heavy atom. The van der Waals surface area contributed by atoms with Crippen LogP contribution in [0.5, 0.6) is 0 Å². The van der Waals surface area contributed by atoms with Crippen molar-refractivity contribution in [2.24, 2.45) is 5.84 Å². The summed E-state index contributed by atoms with van der Waals surface area (Å²) in [6.07, 6.45) is 0. The van der Waals surface area contributed by atoms with Gasteiger partial charge >= 0.3 is 0 Å². The van der Waals surface area contributed by atoms with Crippen LogP contribution < -0.4 is 11.3 Å². The predicted molar refractivity (Wildman–Crippen MR) is 81.0 cm³/mol. The van der Waals surface area contributed by atoms with E-state index in [4.69, 9.17) is 5.84 Å². The Morgan fingerprint density at radius 1 is 0.800 bits per heavy atom. The minimum atomic E-state index is -0.279. The van der Waals surface area contributed by atoms with Crippen molar-refractivity contribution in [3.63, 3.8) is 0 Å². The first-order chi connectivity index (χ1) is 9.78. The molecule has 20 heavy (non-hydrogen) atoms. The molecule has 0 aliphatic rings. The zero-order valence-electron chi connectivity index (χ0n) is 10.8. The number of nitrogen functional groups attached to an aromatic ring is 1. The van der Waals surface area contributed by atoms with Gasteiger partial charge in [-0.25, -0.2) is 5.84 Å². The summed E-state index contributed by atoms with van der Waals surface area (Å²) in [6, 6.07) is 22.0. The summed E-state index contributed by atoms with van der Waals surface area (Å²) in [5.41, 5.74) is 5.05. The molecule has 98 valence electrons. The minimum absolute atomic E-state index is 0.279. The quantitative estimate of drug-likeness (QED) is 0.423. The molecule has 3 rings (SSSR count). The molecule has 0 spiro atoms. The molecule has 0 aliphatic heterocycles. The van der Waals surface area contributed by atoms with Gasteiger partial charge in [0.05, 0.1) is 0 Å². The lowest BCUT2D eigenvalue weighted by molar-refractivity contribution is 0.0954. The van der Waals surface area contributed by atoms with Gasteiger partial charge in [0.25, 0.3) is 5.91 Å². The van der Waals surface area contributed by atoms with E-state index in [1.807, 2.05) is 36.4 Å². The van der Waals surface area contributed by atoms with Gasteiger partial charge in [-0.15, -0.1) is 0 Å². The van der Waals surface area contributed by atoms with Crippen LogP contribution in [0.1, 0.15) is 10.4 Å². The Kier molecular flexibility index (Phi) is 3.19. The molecule has 0 radical (unpaired) electrons. The number of fused-ring (bicyclic) bond motifs is 1. The largest absolute Gasteiger partial charge is 0.290 e. The smallest absolute Gasteiger partial charge is 0.265 e. The Hall–Kier alpha value is -2.65. The lowest BCUT2D eigenvalue weighted by atomic mass is 10.00. The van der Waals surface area contributed by atoms with Crippen LogP contribution in [0, 0.1) is 0 Å². The van der Waals surface area contributed by atoms with E-state index in [-0.39, 0.29) is 5.91 Å². The molecule has 1 amide bonds. The number of nitrogens with one attached hydrogen (secondary N) is 1. The second-order valence-corrected chi connectivity index (χ2v) is 4.62. The van der Waals surface area contributed by atoms with Gasteiger partial charge < -0.3 is 0 Å². The minimum Gasteiger partial charge on any atom is -0.290 e. The molecular formula is C17H14N2O. The number of amides is 1. The number of hydrogen-bond acceptors (Lipinski definition) is 2. The zero-order chi connectivity index (χ0) is 13.9. The van der Waals surface area contributed by atoms with Crippen molar-refractivity contribution in [3.8, 4) is 11.1 Å². The van der Waals surface area contributed by atoms with Crippen molar-refractivity contribution < 1.29 is 4.79 Å². The SMILES string of the molecule is NNC(=O)c1ccc2cc(-c3ccccc3)ccc2c1. The summed E-state index contributed by atoms with van der Waals surface area (Å²) in [6.45, 7) is 0. The summed E-state index contributed by atoms with van der Waals surface area (Å²) in [5.74, 6) is 4.87. The average molecular weight is 262 g/mol. The van der Waals surface area contributed by atoms with Crippen molar-refractivity contribution in [2.45, 2.75) is 0 Å². The van der Waals surface area contributed by atoms with Gasteiger partial charge in [0.2, 0.25) is 0 Å². The molecule has 0 saturated carbocycles.